The maximum atomic E-state index is 13.8. The van der Waals surface area contributed by atoms with E-state index < -0.39 is 84.5 Å². The van der Waals surface area contributed by atoms with Crippen LogP contribution < -0.4 is 0 Å². The molecule has 0 aromatic carbocycles. The van der Waals surface area contributed by atoms with Crippen LogP contribution in [0.1, 0.15) is 20.3 Å². The molecule has 0 saturated carbocycles. The van der Waals surface area contributed by atoms with Gasteiger partial charge in [-0.25, -0.2) is 17.6 Å². The average Bonchev–Trinajstić information content (AvgIpc) is 2.78. The summed E-state index contributed by atoms with van der Waals surface area (Å²) in [4.78, 5) is 0. The molecule has 1 aliphatic heterocycles. The van der Waals surface area contributed by atoms with E-state index in [1.165, 1.54) is 0 Å². The van der Waals surface area contributed by atoms with Crippen molar-refractivity contribution in [2.45, 2.75) is 119 Å². The Hall–Kier alpha value is -0.349. The number of hydrogen-bond acceptors (Lipinski definition) is 4. The third kappa shape index (κ3) is 7.49. The fraction of sp³-hybridized carbons (Fsp3) is 1.00. The lowest BCUT2D eigenvalue weighted by Crippen LogP contribution is -2.78. The highest BCUT2D eigenvalue weighted by Crippen LogP contribution is 2.56. The van der Waals surface area contributed by atoms with Crippen molar-refractivity contribution in [1.29, 1.82) is 0 Å². The summed E-state index contributed by atoms with van der Waals surface area (Å²) < 4.78 is 175. The normalized spacial score (nSPS) is 25.7. The minimum Gasteiger partial charge on any atom is -0.415 e. The molecule has 41 heavy (non-hydrogen) atoms. The van der Waals surface area contributed by atoms with Gasteiger partial charge in [0.2, 0.25) is 6.17 Å². The monoisotopic (exact) mass is 678 g/mol. The zero-order chi connectivity index (χ0) is 32.7. The Morgan fingerprint density at radius 1 is 0.829 bits per heavy atom. The van der Waals surface area contributed by atoms with Crippen molar-refractivity contribution < 1.29 is 71.7 Å². The quantitative estimate of drug-likeness (QED) is 0.113. The predicted molar refractivity (Wildman–Crippen MR) is 134 cm³/mol. The highest BCUT2D eigenvalue weighted by Gasteiger charge is 2.85. The molecule has 4 unspecified atom stereocenters. The summed E-state index contributed by atoms with van der Waals surface area (Å²) >= 11 is 0. The number of halogens is 12. The number of ether oxygens (including phenoxy) is 2. The summed E-state index contributed by atoms with van der Waals surface area (Å²) in [5.74, 6) is -28.6. The molecule has 246 valence electrons. The molecule has 0 aromatic heterocycles. The van der Waals surface area contributed by atoms with Gasteiger partial charge >= 0.3 is 23.7 Å². The van der Waals surface area contributed by atoms with E-state index in [-0.39, 0.29) is 12.2 Å². The Kier molecular flexibility index (Phi) is 11.9. The van der Waals surface area contributed by atoms with Gasteiger partial charge in [-0.2, -0.15) is 35.1 Å². The molecular weight excluding hydrogens is 640 g/mol. The van der Waals surface area contributed by atoms with Gasteiger partial charge in [-0.1, -0.05) is 26.2 Å². The molecule has 0 amide bonds. The average molecular weight is 679 g/mol. The van der Waals surface area contributed by atoms with Crippen molar-refractivity contribution in [2.75, 3.05) is 19.8 Å². The highest BCUT2D eigenvalue weighted by molar-refractivity contribution is 7.67. The van der Waals surface area contributed by atoms with Gasteiger partial charge in [0.05, 0.1) is 20.3 Å². The van der Waals surface area contributed by atoms with E-state index >= 15 is 0 Å². The molecule has 0 spiro atoms. The van der Waals surface area contributed by atoms with Crippen molar-refractivity contribution in [3.8, 4) is 0 Å². The van der Waals surface area contributed by atoms with Gasteiger partial charge in [0.15, 0.2) is 7.83 Å². The standard InChI is InChI=1S/C22H38F12O4Si3/c1-18(2)13-39(3,4)40(5,6)41(7,38-18)10-8-9-36-11-14(35)12-37-17(26)20(29,30)22(33,34)21(31,32)19(27,28)15(23)16(24)25/h14-17,35H,8-13H2,1-7H3. The molecular formula is C22H38F12O4Si3. The molecule has 4 nitrogen and oxygen atoms in total. The van der Waals surface area contributed by atoms with Crippen molar-refractivity contribution in [3.63, 3.8) is 0 Å². The number of alkyl halides is 12. The van der Waals surface area contributed by atoms with Gasteiger partial charge in [-0.15, -0.1) is 0 Å². The largest absolute Gasteiger partial charge is 0.415 e. The van der Waals surface area contributed by atoms with Gasteiger partial charge in [0.1, 0.15) is 6.10 Å². The minimum absolute atomic E-state index is 0.0407. The first-order valence-electron chi connectivity index (χ1n) is 12.7. The van der Waals surface area contributed by atoms with Crippen LogP contribution in [0.5, 0.6) is 0 Å². The summed E-state index contributed by atoms with van der Waals surface area (Å²) in [7, 11) is -5.49. The summed E-state index contributed by atoms with van der Waals surface area (Å²) in [5.41, 5.74) is -0.272. The van der Waals surface area contributed by atoms with Gasteiger partial charge in [-0.05, 0) is 38.9 Å². The Morgan fingerprint density at radius 3 is 1.80 bits per heavy atom. The Balaban J connectivity index is 2.70. The number of aliphatic hydroxyl groups is 1. The van der Waals surface area contributed by atoms with E-state index in [0.717, 1.165) is 12.1 Å². The van der Waals surface area contributed by atoms with E-state index in [1.54, 1.807) is 0 Å². The second-order valence-electron chi connectivity index (χ2n) is 12.4. The van der Waals surface area contributed by atoms with E-state index in [2.05, 4.69) is 51.3 Å². The summed E-state index contributed by atoms with van der Waals surface area (Å²) in [6, 6.07) is 1.74. The summed E-state index contributed by atoms with van der Waals surface area (Å²) in [5, 5.41) is 9.75. The second kappa shape index (κ2) is 12.6. The smallest absolute Gasteiger partial charge is 0.383 e. The van der Waals surface area contributed by atoms with Crippen LogP contribution in [0.15, 0.2) is 0 Å². The van der Waals surface area contributed by atoms with Crippen LogP contribution in [0.2, 0.25) is 44.8 Å². The minimum atomic E-state index is -7.46. The number of aliphatic hydroxyl groups excluding tert-OH is 1. The maximum Gasteiger partial charge on any atom is 0.383 e. The lowest BCUT2D eigenvalue weighted by Gasteiger charge is -2.59. The van der Waals surface area contributed by atoms with Crippen LogP contribution in [0.25, 0.3) is 0 Å². The lowest BCUT2D eigenvalue weighted by atomic mass is 9.95. The van der Waals surface area contributed by atoms with Gasteiger partial charge in [-0.3, -0.25) is 0 Å². The van der Waals surface area contributed by atoms with Crippen molar-refractivity contribution in [2.24, 2.45) is 0 Å². The molecule has 1 saturated heterocycles. The third-order valence-electron chi connectivity index (χ3n) is 8.16. The van der Waals surface area contributed by atoms with Crippen molar-refractivity contribution in [1.82, 2.24) is 0 Å². The van der Waals surface area contributed by atoms with Crippen LogP contribution in [0, 0.1) is 0 Å². The number of rotatable bonds is 15. The molecule has 1 aliphatic rings. The highest BCUT2D eigenvalue weighted by atomic mass is 29.6. The van der Waals surface area contributed by atoms with E-state index in [9.17, 15) is 57.8 Å². The van der Waals surface area contributed by atoms with Crippen molar-refractivity contribution in [3.05, 3.63) is 0 Å². The zero-order valence-corrected chi connectivity index (χ0v) is 26.8. The first-order chi connectivity index (χ1) is 18.0. The van der Waals surface area contributed by atoms with Crippen LogP contribution in [-0.2, 0) is 13.9 Å². The molecule has 1 fully saturated rings. The maximum absolute atomic E-state index is 13.8. The molecule has 0 bridgehead atoms. The molecule has 1 N–H and O–H groups in total. The van der Waals surface area contributed by atoms with Crippen LogP contribution in [0.3, 0.4) is 0 Å². The molecule has 0 aliphatic carbocycles. The molecule has 19 heteroatoms. The van der Waals surface area contributed by atoms with Crippen LogP contribution >= 0.6 is 0 Å². The van der Waals surface area contributed by atoms with Gasteiger partial charge in [0, 0.05) is 19.8 Å². The zero-order valence-electron chi connectivity index (χ0n) is 23.8. The lowest BCUT2D eigenvalue weighted by molar-refractivity contribution is -0.403. The molecule has 1 rings (SSSR count). The third-order valence-corrected chi connectivity index (χ3v) is 48.8. The fourth-order valence-corrected chi connectivity index (χ4v) is 38.6. The van der Waals surface area contributed by atoms with E-state index in [0.29, 0.717) is 6.42 Å². The predicted octanol–water partition coefficient (Wildman–Crippen LogP) is 7.17. The Morgan fingerprint density at radius 2 is 1.32 bits per heavy atom. The van der Waals surface area contributed by atoms with Crippen LogP contribution in [0.4, 0.5) is 52.7 Å². The Bertz CT molecular complexity index is 879. The SMILES string of the molecule is CC1(C)C[Si](C)(C)[Si](C)(C)[Si](C)(CCCOCC(O)COC(F)C(F)(F)C(F)(F)C(F)(F)C(F)(F)C(F)C(F)F)O1. The summed E-state index contributed by atoms with van der Waals surface area (Å²) in [6.45, 7) is 13.5. The fourth-order valence-electron chi connectivity index (χ4n) is 5.11. The number of hydrogen-bond donors (Lipinski definition) is 1. The van der Waals surface area contributed by atoms with Crippen molar-refractivity contribution >= 4 is 22.5 Å². The van der Waals surface area contributed by atoms with E-state index in [1.807, 2.05) is 0 Å². The topological polar surface area (TPSA) is 47.9 Å². The van der Waals surface area contributed by atoms with E-state index in [4.69, 9.17) is 9.16 Å². The van der Waals surface area contributed by atoms with Gasteiger partial charge < -0.3 is 19.0 Å². The summed E-state index contributed by atoms with van der Waals surface area (Å²) in [6.07, 6.45) is -16.4. The molecule has 0 aromatic rings. The first kappa shape index (κ1) is 38.7. The van der Waals surface area contributed by atoms with Gasteiger partial charge in [0.25, 0.3) is 12.8 Å². The first-order valence-corrected chi connectivity index (χ1v) is 23.5. The van der Waals surface area contributed by atoms with Crippen LogP contribution in [-0.4, -0.2) is 102 Å². The molecule has 4 atom stereocenters. The Labute approximate surface area is 233 Å². The molecule has 0 radical (unpaired) electrons. The second-order valence-corrected chi connectivity index (χ2v) is 39.2. The molecule has 1 heterocycles.